The number of hydrogen-bond acceptors (Lipinski definition) is 4. The van der Waals surface area contributed by atoms with Crippen molar-refractivity contribution in [2.75, 3.05) is 44.3 Å². The Bertz CT molecular complexity index is 563. The zero-order valence-electron chi connectivity index (χ0n) is 13.3. The molecule has 1 amide bonds. The molecule has 24 heavy (non-hydrogen) atoms. The van der Waals surface area contributed by atoms with E-state index in [9.17, 15) is 18.0 Å². The SMILES string of the molecule is O=C(C1CCN(c2ccc(C(F)(F)F)cn2)CC1)N1CCOCC1. The number of halogens is 3. The molecule has 2 fully saturated rings. The van der Waals surface area contributed by atoms with Gasteiger partial charge in [0.15, 0.2) is 0 Å². The quantitative estimate of drug-likeness (QED) is 0.826. The fourth-order valence-corrected chi connectivity index (χ4v) is 3.14. The molecule has 0 unspecified atom stereocenters. The van der Waals surface area contributed by atoms with E-state index in [0.29, 0.717) is 58.1 Å². The van der Waals surface area contributed by atoms with Crippen LogP contribution in [0.2, 0.25) is 0 Å². The average molecular weight is 343 g/mol. The summed E-state index contributed by atoms with van der Waals surface area (Å²) in [6, 6.07) is 2.44. The van der Waals surface area contributed by atoms with E-state index >= 15 is 0 Å². The number of hydrogen-bond donors (Lipinski definition) is 0. The number of nitrogens with zero attached hydrogens (tertiary/aromatic N) is 3. The Balaban J connectivity index is 1.55. The van der Waals surface area contributed by atoms with Crippen molar-refractivity contribution in [1.29, 1.82) is 0 Å². The second-order valence-corrected chi connectivity index (χ2v) is 6.10. The molecule has 2 aliphatic rings. The van der Waals surface area contributed by atoms with Crippen LogP contribution in [0.25, 0.3) is 0 Å². The fraction of sp³-hybridized carbons (Fsp3) is 0.625. The molecule has 2 aliphatic heterocycles. The van der Waals surface area contributed by atoms with Crippen LogP contribution in [0.1, 0.15) is 18.4 Å². The van der Waals surface area contributed by atoms with E-state index < -0.39 is 11.7 Å². The largest absolute Gasteiger partial charge is 0.417 e. The minimum atomic E-state index is -4.37. The minimum Gasteiger partial charge on any atom is -0.378 e. The van der Waals surface area contributed by atoms with Crippen LogP contribution in [0, 0.1) is 5.92 Å². The maximum absolute atomic E-state index is 12.6. The first-order valence-electron chi connectivity index (χ1n) is 8.10. The molecular formula is C16H20F3N3O2. The lowest BCUT2D eigenvalue weighted by atomic mass is 9.95. The Morgan fingerprint density at radius 2 is 1.79 bits per heavy atom. The number of anilines is 1. The van der Waals surface area contributed by atoms with Crippen molar-refractivity contribution in [2.24, 2.45) is 5.92 Å². The van der Waals surface area contributed by atoms with Gasteiger partial charge in [-0.15, -0.1) is 0 Å². The molecule has 0 bridgehead atoms. The highest BCUT2D eigenvalue weighted by Crippen LogP contribution is 2.30. The summed E-state index contributed by atoms with van der Waals surface area (Å²) in [6.45, 7) is 3.69. The Hall–Kier alpha value is -1.83. The summed E-state index contributed by atoms with van der Waals surface area (Å²) >= 11 is 0. The van der Waals surface area contributed by atoms with Gasteiger partial charge in [0.25, 0.3) is 0 Å². The molecule has 5 nitrogen and oxygen atoms in total. The monoisotopic (exact) mass is 343 g/mol. The molecule has 0 N–H and O–H groups in total. The Kier molecular flexibility index (Phi) is 4.93. The molecule has 3 heterocycles. The standard InChI is InChI=1S/C16H20F3N3O2/c17-16(18,19)13-1-2-14(20-11-13)21-5-3-12(4-6-21)15(23)22-7-9-24-10-8-22/h1-2,11-12H,3-10H2. The third kappa shape index (κ3) is 3.80. The van der Waals surface area contributed by atoms with Crippen molar-refractivity contribution < 1.29 is 22.7 Å². The number of ether oxygens (including phenoxy) is 1. The highest BCUT2D eigenvalue weighted by atomic mass is 19.4. The highest BCUT2D eigenvalue weighted by Gasteiger charge is 2.32. The molecule has 0 aliphatic carbocycles. The Morgan fingerprint density at radius 1 is 1.12 bits per heavy atom. The Labute approximate surface area is 138 Å². The smallest absolute Gasteiger partial charge is 0.378 e. The molecule has 2 saturated heterocycles. The van der Waals surface area contributed by atoms with E-state index in [-0.39, 0.29) is 11.8 Å². The molecule has 0 spiro atoms. The normalized spacial score (nSPS) is 20.3. The predicted molar refractivity (Wildman–Crippen MR) is 81.6 cm³/mol. The number of pyridine rings is 1. The van der Waals surface area contributed by atoms with Gasteiger partial charge < -0.3 is 14.5 Å². The number of rotatable bonds is 2. The van der Waals surface area contributed by atoms with Gasteiger partial charge >= 0.3 is 6.18 Å². The van der Waals surface area contributed by atoms with E-state index in [0.717, 1.165) is 12.3 Å². The third-order valence-corrected chi connectivity index (χ3v) is 4.57. The zero-order chi connectivity index (χ0) is 17.2. The van der Waals surface area contributed by atoms with Gasteiger partial charge in [-0.05, 0) is 25.0 Å². The van der Waals surface area contributed by atoms with Crippen LogP contribution >= 0.6 is 0 Å². The first-order valence-corrected chi connectivity index (χ1v) is 8.10. The van der Waals surface area contributed by atoms with E-state index in [4.69, 9.17) is 4.74 Å². The van der Waals surface area contributed by atoms with Crippen LogP contribution in [0.5, 0.6) is 0 Å². The molecule has 8 heteroatoms. The van der Waals surface area contributed by atoms with Gasteiger partial charge in [-0.2, -0.15) is 13.2 Å². The van der Waals surface area contributed by atoms with Crippen molar-refractivity contribution in [1.82, 2.24) is 9.88 Å². The number of aromatic nitrogens is 1. The van der Waals surface area contributed by atoms with Crippen LogP contribution in [0.4, 0.5) is 19.0 Å². The van der Waals surface area contributed by atoms with Gasteiger partial charge in [0.1, 0.15) is 5.82 Å². The molecule has 132 valence electrons. The van der Waals surface area contributed by atoms with Crippen molar-refractivity contribution in [3.8, 4) is 0 Å². The van der Waals surface area contributed by atoms with Crippen molar-refractivity contribution in [3.63, 3.8) is 0 Å². The number of amides is 1. The summed E-state index contributed by atoms with van der Waals surface area (Å²) in [7, 11) is 0. The second kappa shape index (κ2) is 6.96. The Morgan fingerprint density at radius 3 is 2.33 bits per heavy atom. The zero-order valence-corrected chi connectivity index (χ0v) is 13.3. The maximum Gasteiger partial charge on any atom is 0.417 e. The highest BCUT2D eigenvalue weighted by molar-refractivity contribution is 5.79. The molecule has 0 aromatic carbocycles. The number of alkyl halides is 3. The number of carbonyl (C=O) groups is 1. The van der Waals surface area contributed by atoms with Gasteiger partial charge in [-0.1, -0.05) is 0 Å². The van der Waals surface area contributed by atoms with Crippen LogP contribution in [0.15, 0.2) is 18.3 Å². The molecule has 0 atom stereocenters. The third-order valence-electron chi connectivity index (χ3n) is 4.57. The number of carbonyl (C=O) groups excluding carboxylic acids is 1. The number of piperidine rings is 1. The lowest BCUT2D eigenvalue weighted by Crippen LogP contribution is -2.46. The fourth-order valence-electron chi connectivity index (χ4n) is 3.14. The van der Waals surface area contributed by atoms with Gasteiger partial charge in [0, 0.05) is 38.3 Å². The minimum absolute atomic E-state index is 0.0196. The van der Waals surface area contributed by atoms with E-state index in [1.165, 1.54) is 6.07 Å². The van der Waals surface area contributed by atoms with Crippen LogP contribution < -0.4 is 4.90 Å². The summed E-state index contributed by atoms with van der Waals surface area (Å²) in [5.41, 5.74) is -0.747. The maximum atomic E-state index is 12.6. The van der Waals surface area contributed by atoms with Crippen LogP contribution in [0.3, 0.4) is 0 Å². The summed E-state index contributed by atoms with van der Waals surface area (Å²) < 4.78 is 43.0. The molecule has 3 rings (SSSR count). The summed E-state index contributed by atoms with van der Waals surface area (Å²) in [4.78, 5) is 20.2. The first kappa shape index (κ1) is 17.0. The average Bonchev–Trinajstić information content (AvgIpc) is 2.61. The van der Waals surface area contributed by atoms with Gasteiger partial charge in [-0.25, -0.2) is 4.98 Å². The van der Waals surface area contributed by atoms with Crippen molar-refractivity contribution in [3.05, 3.63) is 23.9 Å². The molecule has 1 aromatic heterocycles. The van der Waals surface area contributed by atoms with Crippen molar-refractivity contribution >= 4 is 11.7 Å². The molecular weight excluding hydrogens is 323 g/mol. The summed E-state index contributed by atoms with van der Waals surface area (Å²) in [6.07, 6.45) is -2.12. The molecule has 1 aromatic rings. The number of morpholine rings is 1. The van der Waals surface area contributed by atoms with Gasteiger partial charge in [0.05, 0.1) is 18.8 Å². The molecule has 0 radical (unpaired) electrons. The summed E-state index contributed by atoms with van der Waals surface area (Å²) in [5.74, 6) is 0.674. The molecule has 0 saturated carbocycles. The predicted octanol–water partition coefficient (Wildman–Crippen LogP) is 2.18. The second-order valence-electron chi connectivity index (χ2n) is 6.10. The van der Waals surface area contributed by atoms with E-state index in [2.05, 4.69) is 4.98 Å². The lowest BCUT2D eigenvalue weighted by Gasteiger charge is -2.36. The van der Waals surface area contributed by atoms with Crippen molar-refractivity contribution in [2.45, 2.75) is 19.0 Å². The van der Waals surface area contributed by atoms with E-state index in [1.54, 1.807) is 0 Å². The topological polar surface area (TPSA) is 45.7 Å². The lowest BCUT2D eigenvalue weighted by molar-refractivity contribution is -0.140. The van der Waals surface area contributed by atoms with E-state index in [1.807, 2.05) is 9.80 Å². The first-order chi connectivity index (χ1) is 11.4. The van der Waals surface area contributed by atoms with Gasteiger partial charge in [-0.3, -0.25) is 4.79 Å². The van der Waals surface area contributed by atoms with Crippen LogP contribution in [-0.4, -0.2) is 55.2 Å². The van der Waals surface area contributed by atoms with Crippen LogP contribution in [-0.2, 0) is 15.7 Å². The summed E-state index contributed by atoms with van der Waals surface area (Å²) in [5, 5.41) is 0. The van der Waals surface area contributed by atoms with Gasteiger partial charge in [0.2, 0.25) is 5.91 Å².